The Labute approximate surface area is 106 Å². The van der Waals surface area contributed by atoms with Gasteiger partial charge in [-0.15, -0.1) is 11.3 Å². The second-order valence-electron chi connectivity index (χ2n) is 3.12. The van der Waals surface area contributed by atoms with Gasteiger partial charge in [0.2, 0.25) is 0 Å². The normalized spacial score (nSPS) is 10.1. The van der Waals surface area contributed by atoms with Crippen LogP contribution in [-0.4, -0.2) is 16.0 Å². The smallest absolute Gasteiger partial charge is 0.257 e. The zero-order valence-corrected chi connectivity index (χ0v) is 10.3. The van der Waals surface area contributed by atoms with Crippen LogP contribution in [-0.2, 0) is 0 Å². The first-order valence-electron chi connectivity index (χ1n) is 4.71. The molecule has 86 valence electrons. The Morgan fingerprint density at radius 3 is 3.00 bits per heavy atom. The summed E-state index contributed by atoms with van der Waals surface area (Å²) in [6.45, 7) is 0. The molecule has 0 aromatic carbocycles. The molecule has 4 nitrogen and oxygen atoms in total. The van der Waals surface area contributed by atoms with E-state index >= 15 is 0 Å². The molecular weight excluding hydrogens is 256 g/mol. The monoisotopic (exact) mass is 264 g/mol. The van der Waals surface area contributed by atoms with Crippen LogP contribution in [0.1, 0.15) is 5.56 Å². The first-order valence-corrected chi connectivity index (χ1v) is 6.57. The lowest BCUT2D eigenvalue weighted by Gasteiger charge is -2.03. The largest absolute Gasteiger partial charge is 0.385 e. The molecular formula is C11H8N2O2S2. The van der Waals surface area contributed by atoms with Crippen molar-refractivity contribution in [3.8, 4) is 16.5 Å². The SMILES string of the molecule is N#Cc1cc(-c2cccs2)c(=O)[nH]c1SCO. The highest BCUT2D eigenvalue weighted by Gasteiger charge is 2.10. The third kappa shape index (κ3) is 2.42. The summed E-state index contributed by atoms with van der Waals surface area (Å²) in [4.78, 5) is 15.3. The van der Waals surface area contributed by atoms with Crippen molar-refractivity contribution in [1.29, 1.82) is 5.26 Å². The molecule has 2 aromatic heterocycles. The maximum Gasteiger partial charge on any atom is 0.257 e. The first-order chi connectivity index (χ1) is 8.26. The molecule has 0 aliphatic heterocycles. The van der Waals surface area contributed by atoms with E-state index in [1.807, 2.05) is 23.6 Å². The van der Waals surface area contributed by atoms with E-state index in [2.05, 4.69) is 4.98 Å². The molecule has 2 rings (SSSR count). The lowest BCUT2D eigenvalue weighted by molar-refractivity contribution is 0.375. The summed E-state index contributed by atoms with van der Waals surface area (Å²) >= 11 is 2.47. The van der Waals surface area contributed by atoms with E-state index in [0.717, 1.165) is 16.6 Å². The first kappa shape index (κ1) is 11.9. The topological polar surface area (TPSA) is 76.9 Å². The molecule has 0 bridgehead atoms. The van der Waals surface area contributed by atoms with Gasteiger partial charge >= 0.3 is 0 Å². The van der Waals surface area contributed by atoms with Gasteiger partial charge in [-0.2, -0.15) is 5.26 Å². The van der Waals surface area contributed by atoms with E-state index in [-0.39, 0.29) is 11.5 Å². The maximum absolute atomic E-state index is 11.8. The number of nitriles is 1. The average molecular weight is 264 g/mol. The summed E-state index contributed by atoms with van der Waals surface area (Å²) in [7, 11) is 0. The van der Waals surface area contributed by atoms with Crippen LogP contribution in [0.25, 0.3) is 10.4 Å². The summed E-state index contributed by atoms with van der Waals surface area (Å²) in [5, 5.41) is 20.1. The fourth-order valence-electron chi connectivity index (χ4n) is 1.39. The van der Waals surface area contributed by atoms with Crippen molar-refractivity contribution in [2.75, 3.05) is 5.94 Å². The molecule has 2 N–H and O–H groups in total. The van der Waals surface area contributed by atoms with Gasteiger partial charge in [0.15, 0.2) is 0 Å². The highest BCUT2D eigenvalue weighted by molar-refractivity contribution is 7.99. The molecule has 0 saturated carbocycles. The number of rotatable bonds is 3. The molecule has 0 amide bonds. The molecule has 0 atom stereocenters. The zero-order chi connectivity index (χ0) is 12.3. The molecule has 0 fully saturated rings. The van der Waals surface area contributed by atoms with Crippen LogP contribution >= 0.6 is 23.1 Å². The second-order valence-corrected chi connectivity index (χ2v) is 5.02. The van der Waals surface area contributed by atoms with Crippen molar-refractivity contribution >= 4 is 23.1 Å². The highest BCUT2D eigenvalue weighted by Crippen LogP contribution is 2.25. The van der Waals surface area contributed by atoms with E-state index in [1.54, 1.807) is 6.07 Å². The summed E-state index contributed by atoms with van der Waals surface area (Å²) in [6.07, 6.45) is 0. The number of hydrogen-bond acceptors (Lipinski definition) is 5. The van der Waals surface area contributed by atoms with Gasteiger partial charge in [0.05, 0.1) is 22.1 Å². The number of aromatic amines is 1. The van der Waals surface area contributed by atoms with E-state index in [0.29, 0.717) is 16.2 Å². The predicted molar refractivity (Wildman–Crippen MR) is 68.0 cm³/mol. The van der Waals surface area contributed by atoms with Crippen molar-refractivity contribution in [2.24, 2.45) is 0 Å². The third-order valence-corrected chi connectivity index (χ3v) is 3.76. The predicted octanol–water partition coefficient (Wildman–Crippen LogP) is 2.02. The Morgan fingerprint density at radius 2 is 2.41 bits per heavy atom. The van der Waals surface area contributed by atoms with Crippen LogP contribution in [0, 0.1) is 11.3 Å². The summed E-state index contributed by atoms with van der Waals surface area (Å²) < 4.78 is 0. The van der Waals surface area contributed by atoms with Crippen LogP contribution in [0.5, 0.6) is 0 Å². The number of hydrogen-bond donors (Lipinski definition) is 2. The van der Waals surface area contributed by atoms with Gasteiger partial charge in [-0.1, -0.05) is 17.8 Å². The molecule has 0 aliphatic rings. The van der Waals surface area contributed by atoms with Gasteiger partial charge < -0.3 is 10.1 Å². The van der Waals surface area contributed by atoms with Crippen molar-refractivity contribution in [1.82, 2.24) is 4.98 Å². The molecule has 2 aromatic rings. The molecule has 0 aliphatic carbocycles. The van der Waals surface area contributed by atoms with Gasteiger partial charge in [0, 0.05) is 4.88 Å². The standard InChI is InChI=1S/C11H8N2O2S2/c12-5-7-4-8(9-2-1-3-16-9)10(15)13-11(7)17-6-14/h1-4,14H,6H2,(H,13,15). The Hall–Kier alpha value is -1.55. The lowest BCUT2D eigenvalue weighted by Crippen LogP contribution is -2.10. The molecule has 17 heavy (non-hydrogen) atoms. The van der Waals surface area contributed by atoms with Crippen molar-refractivity contribution in [3.05, 3.63) is 39.5 Å². The number of nitrogens with zero attached hydrogens (tertiary/aromatic N) is 1. The van der Waals surface area contributed by atoms with E-state index < -0.39 is 0 Å². The van der Waals surface area contributed by atoms with Crippen LogP contribution in [0.4, 0.5) is 0 Å². The summed E-state index contributed by atoms with van der Waals surface area (Å²) in [5.74, 6) is -0.178. The van der Waals surface area contributed by atoms with Crippen LogP contribution in [0.2, 0.25) is 0 Å². The zero-order valence-electron chi connectivity index (χ0n) is 8.64. The van der Waals surface area contributed by atoms with Crippen LogP contribution in [0.3, 0.4) is 0 Å². The van der Waals surface area contributed by atoms with Crippen LogP contribution < -0.4 is 5.56 Å². The summed E-state index contributed by atoms with van der Waals surface area (Å²) in [5.41, 5.74) is 0.605. The van der Waals surface area contributed by atoms with Gasteiger partial charge in [-0.05, 0) is 17.5 Å². The number of aliphatic hydroxyl groups excluding tert-OH is 1. The minimum atomic E-state index is -0.248. The fraction of sp³-hybridized carbons (Fsp3) is 0.0909. The number of nitrogens with one attached hydrogen (secondary N) is 1. The Kier molecular flexibility index (Phi) is 3.64. The van der Waals surface area contributed by atoms with Crippen molar-refractivity contribution < 1.29 is 5.11 Å². The van der Waals surface area contributed by atoms with Gasteiger partial charge in [0.1, 0.15) is 6.07 Å². The summed E-state index contributed by atoms with van der Waals surface area (Å²) in [6, 6.07) is 7.25. The van der Waals surface area contributed by atoms with Crippen molar-refractivity contribution in [2.45, 2.75) is 5.03 Å². The minimum Gasteiger partial charge on any atom is -0.385 e. The average Bonchev–Trinajstić information content (AvgIpc) is 2.83. The Balaban J connectivity index is 2.58. The van der Waals surface area contributed by atoms with Crippen LogP contribution in [0.15, 0.2) is 33.4 Å². The third-order valence-electron chi connectivity index (χ3n) is 2.12. The highest BCUT2D eigenvalue weighted by atomic mass is 32.2. The van der Waals surface area contributed by atoms with E-state index in [9.17, 15) is 4.79 Å². The number of thioether (sulfide) groups is 1. The molecule has 0 saturated heterocycles. The van der Waals surface area contributed by atoms with E-state index in [4.69, 9.17) is 10.4 Å². The minimum absolute atomic E-state index is 0.178. The number of aliphatic hydroxyl groups is 1. The van der Waals surface area contributed by atoms with Crippen molar-refractivity contribution in [3.63, 3.8) is 0 Å². The molecule has 0 radical (unpaired) electrons. The number of aromatic nitrogens is 1. The molecule has 0 unspecified atom stereocenters. The van der Waals surface area contributed by atoms with Gasteiger partial charge in [0.25, 0.3) is 5.56 Å². The van der Waals surface area contributed by atoms with E-state index in [1.165, 1.54) is 11.3 Å². The number of H-pyrrole nitrogens is 1. The lowest BCUT2D eigenvalue weighted by atomic mass is 10.2. The number of pyridine rings is 1. The Morgan fingerprint density at radius 1 is 1.59 bits per heavy atom. The van der Waals surface area contributed by atoms with Gasteiger partial charge in [-0.25, -0.2) is 0 Å². The molecule has 2 heterocycles. The fourth-order valence-corrected chi connectivity index (χ4v) is 2.68. The quantitative estimate of drug-likeness (QED) is 0.656. The number of thiophene rings is 1. The molecule has 6 heteroatoms. The Bertz CT molecular complexity index is 611. The molecule has 0 spiro atoms. The van der Waals surface area contributed by atoms with Gasteiger partial charge in [-0.3, -0.25) is 4.79 Å². The second kappa shape index (κ2) is 5.19. The maximum atomic E-state index is 11.8.